The Morgan fingerprint density at radius 3 is 2.36 bits per heavy atom. The van der Waals surface area contributed by atoms with Crippen LogP contribution in [0.25, 0.3) is 0 Å². The molecule has 176 valence electrons. The molecule has 0 radical (unpaired) electrons. The number of ketones is 1. The van der Waals surface area contributed by atoms with Crippen LogP contribution in [0, 0.1) is 11.6 Å². The van der Waals surface area contributed by atoms with Gasteiger partial charge in [0.25, 0.3) is 0 Å². The quantitative estimate of drug-likeness (QED) is 0.261. The SMILES string of the molecule is CCCOCCc1cc(C(=O)CCc2ccc(F)c(F)c2)c(N(C)C)n1Cc1ccccc1. The zero-order valence-electron chi connectivity index (χ0n) is 19.6. The number of Topliss-reactive ketones (excluding diaryl/α,β-unsaturated/α-hetero) is 1. The molecule has 3 rings (SSSR count). The molecule has 4 nitrogen and oxygen atoms in total. The molecule has 0 aliphatic heterocycles. The maximum Gasteiger partial charge on any atom is 0.166 e. The van der Waals surface area contributed by atoms with E-state index in [1.807, 2.05) is 43.3 Å². The number of anilines is 1. The second-order valence-corrected chi connectivity index (χ2v) is 8.37. The van der Waals surface area contributed by atoms with Crippen molar-refractivity contribution in [2.24, 2.45) is 0 Å². The van der Waals surface area contributed by atoms with E-state index in [9.17, 15) is 13.6 Å². The molecule has 2 aromatic carbocycles. The van der Waals surface area contributed by atoms with Crippen LogP contribution in [0.2, 0.25) is 0 Å². The molecule has 0 spiro atoms. The summed E-state index contributed by atoms with van der Waals surface area (Å²) >= 11 is 0. The van der Waals surface area contributed by atoms with E-state index in [0.717, 1.165) is 35.6 Å². The summed E-state index contributed by atoms with van der Waals surface area (Å²) in [6.45, 7) is 4.02. The van der Waals surface area contributed by atoms with E-state index in [2.05, 4.69) is 23.6 Å². The van der Waals surface area contributed by atoms with Gasteiger partial charge in [-0.15, -0.1) is 0 Å². The summed E-state index contributed by atoms with van der Waals surface area (Å²) in [5.74, 6) is -0.948. The van der Waals surface area contributed by atoms with Crippen LogP contribution in [0.4, 0.5) is 14.6 Å². The van der Waals surface area contributed by atoms with E-state index < -0.39 is 11.6 Å². The first-order chi connectivity index (χ1) is 15.9. The lowest BCUT2D eigenvalue weighted by atomic mass is 10.0. The molecule has 0 unspecified atom stereocenters. The Labute approximate surface area is 194 Å². The lowest BCUT2D eigenvalue weighted by Gasteiger charge is -2.20. The predicted molar refractivity (Wildman–Crippen MR) is 128 cm³/mol. The minimum Gasteiger partial charge on any atom is -0.381 e. The number of aryl methyl sites for hydroxylation is 1. The van der Waals surface area contributed by atoms with Crippen molar-refractivity contribution >= 4 is 11.6 Å². The normalized spacial score (nSPS) is 11.1. The average molecular weight is 455 g/mol. The van der Waals surface area contributed by atoms with E-state index in [0.29, 0.717) is 43.7 Å². The molecule has 0 aliphatic carbocycles. The number of aromatic nitrogens is 1. The van der Waals surface area contributed by atoms with E-state index in [1.54, 1.807) is 0 Å². The molecule has 0 bridgehead atoms. The van der Waals surface area contributed by atoms with Gasteiger partial charge in [0.05, 0.1) is 12.2 Å². The van der Waals surface area contributed by atoms with Crippen molar-refractivity contribution < 1.29 is 18.3 Å². The van der Waals surface area contributed by atoms with Gasteiger partial charge in [-0.25, -0.2) is 8.78 Å². The van der Waals surface area contributed by atoms with Gasteiger partial charge in [0.2, 0.25) is 0 Å². The van der Waals surface area contributed by atoms with Crippen LogP contribution < -0.4 is 4.90 Å². The number of carbonyl (C=O) groups excluding carboxylic acids is 1. The third-order valence-corrected chi connectivity index (χ3v) is 5.54. The first-order valence-electron chi connectivity index (χ1n) is 11.4. The average Bonchev–Trinajstić information content (AvgIpc) is 3.16. The predicted octanol–water partition coefficient (Wildman–Crippen LogP) is 5.67. The molecular weight excluding hydrogens is 422 g/mol. The number of nitrogens with zero attached hydrogens (tertiary/aromatic N) is 2. The molecule has 0 atom stereocenters. The van der Waals surface area contributed by atoms with E-state index >= 15 is 0 Å². The fourth-order valence-corrected chi connectivity index (χ4v) is 3.94. The van der Waals surface area contributed by atoms with Crippen LogP contribution in [-0.4, -0.2) is 37.7 Å². The summed E-state index contributed by atoms with van der Waals surface area (Å²) in [6.07, 6.45) is 2.22. The van der Waals surface area contributed by atoms with E-state index in [4.69, 9.17) is 4.74 Å². The number of halogens is 2. The molecule has 1 heterocycles. The third kappa shape index (κ3) is 6.51. The molecule has 0 saturated heterocycles. The van der Waals surface area contributed by atoms with Crippen LogP contribution in [0.3, 0.4) is 0 Å². The minimum absolute atomic E-state index is 0.0222. The summed E-state index contributed by atoms with van der Waals surface area (Å²) in [5.41, 5.74) is 3.43. The molecule has 33 heavy (non-hydrogen) atoms. The molecule has 0 amide bonds. The van der Waals surface area contributed by atoms with Gasteiger partial charge < -0.3 is 14.2 Å². The molecule has 6 heteroatoms. The highest BCUT2D eigenvalue weighted by Crippen LogP contribution is 2.28. The van der Waals surface area contributed by atoms with Crippen molar-refractivity contribution in [2.75, 3.05) is 32.2 Å². The van der Waals surface area contributed by atoms with E-state index in [1.165, 1.54) is 6.07 Å². The van der Waals surface area contributed by atoms with Crippen LogP contribution in [0.15, 0.2) is 54.6 Å². The lowest BCUT2D eigenvalue weighted by molar-refractivity contribution is 0.0983. The van der Waals surface area contributed by atoms with Crippen LogP contribution in [0.1, 0.15) is 46.9 Å². The van der Waals surface area contributed by atoms with Crippen molar-refractivity contribution in [3.8, 4) is 0 Å². The van der Waals surface area contributed by atoms with Gasteiger partial charge in [-0.1, -0.05) is 43.3 Å². The monoisotopic (exact) mass is 454 g/mol. The maximum absolute atomic E-state index is 13.6. The lowest BCUT2D eigenvalue weighted by Crippen LogP contribution is -2.19. The van der Waals surface area contributed by atoms with Gasteiger partial charge in [-0.2, -0.15) is 0 Å². The van der Waals surface area contributed by atoms with Crippen LogP contribution in [0.5, 0.6) is 0 Å². The Balaban J connectivity index is 1.88. The molecular formula is C27H32F2N2O2. The Hall–Kier alpha value is -2.99. The van der Waals surface area contributed by atoms with Gasteiger partial charge in [-0.3, -0.25) is 4.79 Å². The van der Waals surface area contributed by atoms with E-state index in [-0.39, 0.29) is 12.2 Å². The van der Waals surface area contributed by atoms with Crippen molar-refractivity contribution in [1.29, 1.82) is 0 Å². The van der Waals surface area contributed by atoms with Crippen molar-refractivity contribution in [2.45, 2.75) is 39.2 Å². The summed E-state index contributed by atoms with van der Waals surface area (Å²) in [5, 5.41) is 0. The zero-order valence-corrected chi connectivity index (χ0v) is 19.6. The fraction of sp³-hybridized carbons (Fsp3) is 0.370. The third-order valence-electron chi connectivity index (χ3n) is 5.54. The Morgan fingerprint density at radius 1 is 0.939 bits per heavy atom. The number of rotatable bonds is 12. The smallest absolute Gasteiger partial charge is 0.166 e. The number of benzene rings is 2. The molecule has 0 N–H and O–H groups in total. The van der Waals surface area contributed by atoms with Gasteiger partial charge >= 0.3 is 0 Å². The maximum atomic E-state index is 13.6. The zero-order chi connectivity index (χ0) is 23.8. The number of ether oxygens (including phenoxy) is 1. The summed E-state index contributed by atoms with van der Waals surface area (Å²) in [7, 11) is 3.86. The highest BCUT2D eigenvalue weighted by atomic mass is 19.2. The number of carbonyl (C=O) groups is 1. The fourth-order valence-electron chi connectivity index (χ4n) is 3.94. The number of hydrogen-bond acceptors (Lipinski definition) is 3. The number of hydrogen-bond donors (Lipinski definition) is 0. The topological polar surface area (TPSA) is 34.5 Å². The Morgan fingerprint density at radius 2 is 1.70 bits per heavy atom. The standard InChI is InChI=1S/C27H32F2N2O2/c1-4-15-33-16-14-22-18-23(26(32)13-11-20-10-12-24(28)25(29)17-20)27(30(2)3)31(22)19-21-8-6-5-7-9-21/h5-10,12,17-18H,4,11,13-16,19H2,1-3H3. The van der Waals surface area contributed by atoms with Gasteiger partial charge in [0, 0.05) is 45.8 Å². The van der Waals surface area contributed by atoms with Gasteiger partial charge in [-0.05, 0) is 42.2 Å². The van der Waals surface area contributed by atoms with Crippen molar-refractivity contribution in [3.05, 3.63) is 88.6 Å². The first-order valence-corrected chi connectivity index (χ1v) is 11.4. The van der Waals surface area contributed by atoms with Crippen LogP contribution >= 0.6 is 0 Å². The minimum atomic E-state index is -0.891. The highest BCUT2D eigenvalue weighted by molar-refractivity contribution is 6.01. The first kappa shape index (κ1) is 24.6. The van der Waals surface area contributed by atoms with Crippen molar-refractivity contribution in [3.63, 3.8) is 0 Å². The Kier molecular flexibility index (Phi) is 8.78. The summed E-state index contributed by atoms with van der Waals surface area (Å²) < 4.78 is 34.7. The molecule has 1 aromatic heterocycles. The second kappa shape index (κ2) is 11.8. The summed E-state index contributed by atoms with van der Waals surface area (Å²) in [4.78, 5) is 15.2. The highest BCUT2D eigenvalue weighted by Gasteiger charge is 2.22. The molecule has 0 aliphatic rings. The second-order valence-electron chi connectivity index (χ2n) is 8.37. The molecule has 3 aromatic rings. The largest absolute Gasteiger partial charge is 0.381 e. The Bertz CT molecular complexity index is 1060. The van der Waals surface area contributed by atoms with Crippen molar-refractivity contribution in [1.82, 2.24) is 4.57 Å². The van der Waals surface area contributed by atoms with Gasteiger partial charge in [0.15, 0.2) is 17.4 Å². The van der Waals surface area contributed by atoms with Crippen LogP contribution in [-0.2, 0) is 24.1 Å². The molecule has 0 fully saturated rings. The molecule has 0 saturated carbocycles. The summed E-state index contributed by atoms with van der Waals surface area (Å²) in [6, 6.07) is 15.9. The van der Waals surface area contributed by atoms with Gasteiger partial charge in [0.1, 0.15) is 5.82 Å².